The highest BCUT2D eigenvalue weighted by molar-refractivity contribution is 5.73. The Morgan fingerprint density at radius 1 is 0.964 bits per heavy atom. The number of aliphatic hydroxyl groups is 1. The van der Waals surface area contributed by atoms with E-state index in [-0.39, 0.29) is 48.5 Å². The molecule has 7 nitrogen and oxygen atoms in total. The van der Waals surface area contributed by atoms with Crippen molar-refractivity contribution in [3.63, 3.8) is 0 Å². The first kappa shape index (κ1) is 23.1. The third-order valence-electron chi connectivity index (χ3n) is 6.08. The van der Waals surface area contributed by atoms with Crippen molar-refractivity contribution >= 4 is 11.9 Å². The van der Waals surface area contributed by atoms with Crippen LogP contribution in [-0.2, 0) is 23.8 Å². The Kier molecular flexibility index (Phi) is 8.71. The Morgan fingerprint density at radius 2 is 1.50 bits per heavy atom. The molecule has 28 heavy (non-hydrogen) atoms. The third-order valence-corrected chi connectivity index (χ3v) is 6.08. The Hall–Kier alpha value is -1.18. The lowest BCUT2D eigenvalue weighted by molar-refractivity contribution is -0.159. The van der Waals surface area contributed by atoms with Gasteiger partial charge in [0, 0.05) is 6.42 Å². The van der Waals surface area contributed by atoms with Crippen LogP contribution < -0.4 is 0 Å². The number of carboxylic acids is 1. The van der Waals surface area contributed by atoms with Crippen molar-refractivity contribution in [3.05, 3.63) is 0 Å². The normalized spacial score (nSPS) is 31.9. The highest BCUT2D eigenvalue weighted by Crippen LogP contribution is 2.31. The number of carbonyl (C=O) groups is 2. The molecule has 0 unspecified atom stereocenters. The quantitative estimate of drug-likeness (QED) is 0.544. The van der Waals surface area contributed by atoms with Crippen LogP contribution in [0.15, 0.2) is 0 Å². The summed E-state index contributed by atoms with van der Waals surface area (Å²) in [5, 5.41) is 18.9. The fraction of sp³-hybridized carbons (Fsp3) is 0.905. The van der Waals surface area contributed by atoms with Gasteiger partial charge in [0.05, 0.1) is 42.4 Å². The van der Waals surface area contributed by atoms with Gasteiger partial charge >= 0.3 is 11.9 Å². The second kappa shape index (κ2) is 10.6. The zero-order valence-electron chi connectivity index (χ0n) is 17.5. The van der Waals surface area contributed by atoms with Crippen molar-refractivity contribution in [2.24, 2.45) is 11.8 Å². The first-order valence-electron chi connectivity index (χ1n) is 10.6. The summed E-state index contributed by atoms with van der Waals surface area (Å²) in [6.45, 7) is 7.28. The van der Waals surface area contributed by atoms with E-state index in [1.165, 1.54) is 0 Å². The summed E-state index contributed by atoms with van der Waals surface area (Å²) in [5.41, 5.74) is 0. The zero-order valence-corrected chi connectivity index (χ0v) is 17.5. The molecule has 0 aromatic rings. The van der Waals surface area contributed by atoms with Gasteiger partial charge in [0.2, 0.25) is 0 Å². The van der Waals surface area contributed by atoms with E-state index in [1.54, 1.807) is 6.92 Å². The van der Waals surface area contributed by atoms with E-state index >= 15 is 0 Å². The van der Waals surface area contributed by atoms with Gasteiger partial charge in [0.1, 0.15) is 6.10 Å². The molecular formula is C21H36O7. The predicted molar refractivity (Wildman–Crippen MR) is 103 cm³/mol. The molecule has 7 heteroatoms. The predicted octanol–water partition coefficient (Wildman–Crippen LogP) is 2.92. The molecule has 2 N–H and O–H groups in total. The molecule has 2 saturated heterocycles. The number of aliphatic hydroxyl groups excluding tert-OH is 1. The molecule has 2 heterocycles. The number of rotatable bonds is 10. The summed E-state index contributed by atoms with van der Waals surface area (Å²) in [6.07, 6.45) is 3.88. The summed E-state index contributed by atoms with van der Waals surface area (Å²) in [4.78, 5) is 23.6. The van der Waals surface area contributed by atoms with Crippen LogP contribution in [0.5, 0.6) is 0 Å². The molecule has 2 aliphatic rings. The van der Waals surface area contributed by atoms with Crippen molar-refractivity contribution < 1.29 is 34.0 Å². The molecule has 0 radical (unpaired) electrons. The second-order valence-electron chi connectivity index (χ2n) is 8.44. The van der Waals surface area contributed by atoms with E-state index in [9.17, 15) is 14.7 Å². The molecule has 162 valence electrons. The van der Waals surface area contributed by atoms with Crippen LogP contribution in [0, 0.1) is 11.8 Å². The maximum absolute atomic E-state index is 12.5. The van der Waals surface area contributed by atoms with Gasteiger partial charge in [0.15, 0.2) is 0 Å². The van der Waals surface area contributed by atoms with Gasteiger partial charge in [-0.15, -0.1) is 0 Å². The summed E-state index contributed by atoms with van der Waals surface area (Å²) >= 11 is 0. The highest BCUT2D eigenvalue weighted by Gasteiger charge is 2.36. The van der Waals surface area contributed by atoms with Crippen LogP contribution >= 0.6 is 0 Å². The first-order valence-corrected chi connectivity index (χ1v) is 10.6. The van der Waals surface area contributed by atoms with E-state index in [0.29, 0.717) is 19.3 Å². The molecule has 0 bridgehead atoms. The fourth-order valence-corrected chi connectivity index (χ4v) is 4.05. The second-order valence-corrected chi connectivity index (χ2v) is 8.44. The molecule has 2 fully saturated rings. The molecule has 8 atom stereocenters. The van der Waals surface area contributed by atoms with Gasteiger partial charge in [-0.1, -0.05) is 6.92 Å². The highest BCUT2D eigenvalue weighted by atomic mass is 16.6. The average molecular weight is 401 g/mol. The minimum Gasteiger partial charge on any atom is -0.481 e. The largest absolute Gasteiger partial charge is 0.481 e. The van der Waals surface area contributed by atoms with Crippen molar-refractivity contribution in [3.8, 4) is 0 Å². The van der Waals surface area contributed by atoms with E-state index in [2.05, 4.69) is 0 Å². The van der Waals surface area contributed by atoms with Gasteiger partial charge in [-0.2, -0.15) is 0 Å². The van der Waals surface area contributed by atoms with E-state index < -0.39 is 11.9 Å². The molecule has 0 spiro atoms. The number of carbonyl (C=O) groups excluding carboxylic acids is 1. The minimum atomic E-state index is -0.847. The molecular weight excluding hydrogens is 364 g/mol. The smallest absolute Gasteiger partial charge is 0.311 e. The Bertz CT molecular complexity index is 523. The molecule has 2 aliphatic heterocycles. The van der Waals surface area contributed by atoms with Crippen LogP contribution in [-0.4, -0.2) is 58.8 Å². The lowest BCUT2D eigenvalue weighted by atomic mass is 10.0. The standard InChI is InChI=1S/C21H36O7/c1-5-15(22)11-17-7-9-19(28-17)14(4)21(25)26-12(2)10-16-6-8-18(27-16)13(3)20(23)24/h12-19,22H,5-11H2,1-4H3,(H,23,24)/t12-,13+,14+,15-,16-,17-,18-,19-/m0/s1. The van der Waals surface area contributed by atoms with Crippen LogP contribution in [0.1, 0.15) is 72.6 Å². The average Bonchev–Trinajstić information content (AvgIpc) is 3.29. The van der Waals surface area contributed by atoms with Crippen LogP contribution in [0.3, 0.4) is 0 Å². The van der Waals surface area contributed by atoms with Crippen molar-refractivity contribution in [2.45, 2.75) is 109 Å². The Morgan fingerprint density at radius 3 is 2.04 bits per heavy atom. The minimum absolute atomic E-state index is 0.00710. The van der Waals surface area contributed by atoms with Crippen molar-refractivity contribution in [1.82, 2.24) is 0 Å². The van der Waals surface area contributed by atoms with Gasteiger partial charge in [-0.05, 0) is 59.3 Å². The van der Waals surface area contributed by atoms with Crippen molar-refractivity contribution in [2.75, 3.05) is 0 Å². The molecule has 0 amide bonds. The van der Waals surface area contributed by atoms with E-state index in [4.69, 9.17) is 19.3 Å². The molecule has 0 saturated carbocycles. The number of carboxylic acid groups (broad SMARTS) is 1. The SMILES string of the molecule is CC[C@H](O)C[C@@H]1CC[C@@H]([C@@H](C)C(=O)O[C@@H](C)C[C@@H]2CC[C@@H]([C@@H](C)C(=O)O)O2)O1. The van der Waals surface area contributed by atoms with Crippen molar-refractivity contribution in [1.29, 1.82) is 0 Å². The summed E-state index contributed by atoms with van der Waals surface area (Å²) in [7, 11) is 0. The molecule has 0 aromatic heterocycles. The lowest BCUT2D eigenvalue weighted by Gasteiger charge is -2.23. The number of hydrogen-bond acceptors (Lipinski definition) is 6. The summed E-state index contributed by atoms with van der Waals surface area (Å²) in [6, 6.07) is 0. The first-order chi connectivity index (χ1) is 13.2. The van der Waals surface area contributed by atoms with Gasteiger partial charge in [0.25, 0.3) is 0 Å². The number of hydrogen-bond donors (Lipinski definition) is 2. The number of aliphatic carboxylic acids is 1. The fourth-order valence-electron chi connectivity index (χ4n) is 4.05. The number of esters is 1. The van der Waals surface area contributed by atoms with E-state index in [1.807, 2.05) is 20.8 Å². The molecule has 2 rings (SSSR count). The Balaban J connectivity index is 1.73. The zero-order chi connectivity index (χ0) is 20.8. The van der Waals surface area contributed by atoms with Gasteiger partial charge < -0.3 is 24.4 Å². The summed E-state index contributed by atoms with van der Waals surface area (Å²) in [5.74, 6) is -2.00. The maximum Gasteiger partial charge on any atom is 0.311 e. The molecule has 0 aromatic carbocycles. The Labute approximate surface area is 167 Å². The van der Waals surface area contributed by atoms with Gasteiger partial charge in [-0.25, -0.2) is 0 Å². The van der Waals surface area contributed by atoms with Crippen LogP contribution in [0.4, 0.5) is 0 Å². The number of ether oxygens (including phenoxy) is 3. The monoisotopic (exact) mass is 400 g/mol. The summed E-state index contributed by atoms with van der Waals surface area (Å²) < 4.78 is 17.4. The van der Waals surface area contributed by atoms with Crippen LogP contribution in [0.2, 0.25) is 0 Å². The van der Waals surface area contributed by atoms with Crippen LogP contribution in [0.25, 0.3) is 0 Å². The third kappa shape index (κ3) is 6.42. The lowest BCUT2D eigenvalue weighted by Crippen LogP contribution is -2.32. The van der Waals surface area contributed by atoms with Gasteiger partial charge in [-0.3, -0.25) is 9.59 Å². The molecule has 0 aliphatic carbocycles. The maximum atomic E-state index is 12.5. The topological polar surface area (TPSA) is 102 Å². The van der Waals surface area contributed by atoms with E-state index in [0.717, 1.165) is 25.7 Å².